The van der Waals surface area contributed by atoms with Crippen molar-refractivity contribution in [2.45, 2.75) is 13.0 Å². The molecular weight excluding hydrogens is 154 g/mol. The van der Waals surface area contributed by atoms with Gasteiger partial charge in [-0.15, -0.1) is 0 Å². The van der Waals surface area contributed by atoms with Crippen LogP contribution in [0.15, 0.2) is 11.1 Å². The number of aromatic amines is 1. The third-order valence-electron chi connectivity index (χ3n) is 2.20. The molecule has 0 aliphatic carbocycles. The average molecular weight is 165 g/mol. The predicted molar refractivity (Wildman–Crippen MR) is 44.9 cm³/mol. The molecule has 4 nitrogen and oxygen atoms in total. The van der Waals surface area contributed by atoms with Crippen LogP contribution in [0.3, 0.4) is 0 Å². The highest BCUT2D eigenvalue weighted by Crippen LogP contribution is 2.09. The number of likely N-dealkylation sites (N-methyl/N-ethyl adjacent to an activating group) is 1. The fraction of sp³-hybridized carbons (Fsp3) is 0.500. The summed E-state index contributed by atoms with van der Waals surface area (Å²) in [6, 6.07) is 0. The second-order valence-electron chi connectivity index (χ2n) is 3.14. The number of fused-ring (bicyclic) bond motifs is 1. The summed E-state index contributed by atoms with van der Waals surface area (Å²) < 4.78 is 0. The monoisotopic (exact) mass is 165 g/mol. The number of aromatic nitrogens is 2. The van der Waals surface area contributed by atoms with Crippen molar-refractivity contribution in [2.24, 2.45) is 0 Å². The summed E-state index contributed by atoms with van der Waals surface area (Å²) in [7, 11) is 2.01. The van der Waals surface area contributed by atoms with E-state index in [9.17, 15) is 4.79 Å². The van der Waals surface area contributed by atoms with Crippen LogP contribution in [0.4, 0.5) is 0 Å². The molecule has 0 radical (unpaired) electrons. The van der Waals surface area contributed by atoms with Gasteiger partial charge in [-0.25, -0.2) is 4.98 Å². The van der Waals surface area contributed by atoms with E-state index in [0.29, 0.717) is 0 Å². The van der Waals surface area contributed by atoms with E-state index >= 15 is 0 Å². The van der Waals surface area contributed by atoms with Gasteiger partial charge in [0.1, 0.15) is 0 Å². The van der Waals surface area contributed by atoms with Crippen molar-refractivity contribution >= 4 is 0 Å². The number of nitrogens with one attached hydrogen (secondary N) is 1. The molecular formula is C8H11N3O. The lowest BCUT2D eigenvalue weighted by Gasteiger charge is -2.22. The van der Waals surface area contributed by atoms with Crippen molar-refractivity contribution in [3.8, 4) is 0 Å². The van der Waals surface area contributed by atoms with Gasteiger partial charge in [0.15, 0.2) is 0 Å². The van der Waals surface area contributed by atoms with Gasteiger partial charge in [-0.1, -0.05) is 0 Å². The second kappa shape index (κ2) is 2.71. The fourth-order valence-electron chi connectivity index (χ4n) is 1.49. The summed E-state index contributed by atoms with van der Waals surface area (Å²) >= 11 is 0. The quantitative estimate of drug-likeness (QED) is 0.577. The lowest BCUT2D eigenvalue weighted by atomic mass is 10.1. The second-order valence-corrected chi connectivity index (χ2v) is 3.14. The van der Waals surface area contributed by atoms with Gasteiger partial charge in [0.2, 0.25) is 0 Å². The van der Waals surface area contributed by atoms with Gasteiger partial charge in [-0.2, -0.15) is 0 Å². The van der Waals surface area contributed by atoms with Gasteiger partial charge < -0.3 is 9.88 Å². The summed E-state index contributed by atoms with van der Waals surface area (Å²) in [4.78, 5) is 20.1. The highest BCUT2D eigenvalue weighted by atomic mass is 16.1. The lowest BCUT2D eigenvalue weighted by Crippen LogP contribution is -2.32. The van der Waals surface area contributed by atoms with Crippen LogP contribution in [0, 0.1) is 0 Å². The zero-order valence-corrected chi connectivity index (χ0v) is 7.00. The maximum Gasteiger partial charge on any atom is 0.255 e. The third kappa shape index (κ3) is 1.14. The van der Waals surface area contributed by atoms with Crippen molar-refractivity contribution in [1.29, 1.82) is 0 Å². The van der Waals surface area contributed by atoms with Crippen LogP contribution in [0.5, 0.6) is 0 Å². The lowest BCUT2D eigenvalue weighted by molar-refractivity contribution is 0.307. The molecule has 12 heavy (non-hydrogen) atoms. The Morgan fingerprint density at radius 2 is 2.50 bits per heavy atom. The Kier molecular flexibility index (Phi) is 1.69. The molecule has 1 aliphatic rings. The van der Waals surface area contributed by atoms with Crippen LogP contribution in [-0.4, -0.2) is 28.5 Å². The van der Waals surface area contributed by atoms with E-state index in [1.54, 1.807) is 0 Å². The van der Waals surface area contributed by atoms with Crippen LogP contribution in [0.25, 0.3) is 0 Å². The summed E-state index contributed by atoms with van der Waals surface area (Å²) in [5.74, 6) is 0. The number of hydrogen-bond donors (Lipinski definition) is 1. The Bertz CT molecular complexity index is 344. The number of nitrogens with zero attached hydrogens (tertiary/aromatic N) is 2. The summed E-state index contributed by atoms with van der Waals surface area (Å²) in [6.07, 6.45) is 2.36. The van der Waals surface area contributed by atoms with Crippen molar-refractivity contribution in [2.75, 3.05) is 13.6 Å². The molecule has 2 rings (SSSR count). The molecule has 4 heteroatoms. The van der Waals surface area contributed by atoms with E-state index in [1.807, 2.05) is 7.05 Å². The van der Waals surface area contributed by atoms with E-state index in [2.05, 4.69) is 14.9 Å². The van der Waals surface area contributed by atoms with Gasteiger partial charge in [0.05, 0.1) is 17.6 Å². The first-order valence-electron chi connectivity index (χ1n) is 4.01. The minimum Gasteiger partial charge on any atom is -0.313 e. The van der Waals surface area contributed by atoms with Gasteiger partial charge in [0, 0.05) is 19.5 Å². The van der Waals surface area contributed by atoms with E-state index in [4.69, 9.17) is 0 Å². The molecule has 1 aromatic heterocycles. The smallest absolute Gasteiger partial charge is 0.255 e. The SMILES string of the molecule is CN1CCc2nc[nH]c(=O)c2C1. The highest BCUT2D eigenvalue weighted by Gasteiger charge is 2.16. The molecule has 1 aliphatic heterocycles. The fourth-order valence-corrected chi connectivity index (χ4v) is 1.49. The topological polar surface area (TPSA) is 49.0 Å². The molecule has 0 bridgehead atoms. The molecule has 2 heterocycles. The minimum absolute atomic E-state index is 0.00606. The van der Waals surface area contributed by atoms with Gasteiger partial charge in [-0.05, 0) is 7.05 Å². The van der Waals surface area contributed by atoms with Gasteiger partial charge in [-0.3, -0.25) is 4.79 Å². The van der Waals surface area contributed by atoms with E-state index in [1.165, 1.54) is 6.33 Å². The molecule has 0 amide bonds. The molecule has 0 unspecified atom stereocenters. The molecule has 0 fully saturated rings. The first-order valence-corrected chi connectivity index (χ1v) is 4.01. The Balaban J connectivity index is 2.50. The zero-order valence-electron chi connectivity index (χ0n) is 7.00. The minimum atomic E-state index is 0.00606. The predicted octanol–water partition coefficient (Wildman–Crippen LogP) is -0.242. The van der Waals surface area contributed by atoms with E-state index in [0.717, 1.165) is 30.8 Å². The van der Waals surface area contributed by atoms with Crippen LogP contribution in [-0.2, 0) is 13.0 Å². The first-order chi connectivity index (χ1) is 5.77. The highest BCUT2D eigenvalue weighted by molar-refractivity contribution is 5.18. The summed E-state index contributed by atoms with van der Waals surface area (Å²) in [5.41, 5.74) is 1.79. The number of hydrogen-bond acceptors (Lipinski definition) is 3. The van der Waals surface area contributed by atoms with Crippen LogP contribution >= 0.6 is 0 Å². The van der Waals surface area contributed by atoms with Crippen LogP contribution in [0.2, 0.25) is 0 Å². The average Bonchev–Trinajstić information content (AvgIpc) is 2.07. The largest absolute Gasteiger partial charge is 0.313 e. The van der Waals surface area contributed by atoms with Gasteiger partial charge in [0.25, 0.3) is 5.56 Å². The standard InChI is InChI=1S/C8H11N3O/c1-11-3-2-7-6(4-11)8(12)10-5-9-7/h5H,2-4H2,1H3,(H,9,10,12). The van der Waals surface area contributed by atoms with Crippen LogP contribution < -0.4 is 5.56 Å². The molecule has 0 aromatic carbocycles. The molecule has 0 atom stereocenters. The Labute approximate surface area is 70.2 Å². The Morgan fingerprint density at radius 1 is 1.67 bits per heavy atom. The van der Waals surface area contributed by atoms with Crippen LogP contribution in [0.1, 0.15) is 11.3 Å². The number of H-pyrrole nitrogens is 1. The molecule has 0 spiro atoms. The van der Waals surface area contributed by atoms with Crippen molar-refractivity contribution in [1.82, 2.24) is 14.9 Å². The Hall–Kier alpha value is -1.16. The molecule has 64 valence electrons. The normalized spacial score (nSPS) is 17.4. The van der Waals surface area contributed by atoms with Crippen molar-refractivity contribution in [3.05, 3.63) is 27.9 Å². The summed E-state index contributed by atoms with van der Waals surface area (Å²) in [5, 5.41) is 0. The van der Waals surface area contributed by atoms with E-state index < -0.39 is 0 Å². The molecule has 1 N–H and O–H groups in total. The maximum absolute atomic E-state index is 11.3. The van der Waals surface area contributed by atoms with Gasteiger partial charge >= 0.3 is 0 Å². The third-order valence-corrected chi connectivity index (χ3v) is 2.20. The van der Waals surface area contributed by atoms with Crippen molar-refractivity contribution < 1.29 is 0 Å². The summed E-state index contributed by atoms with van der Waals surface area (Å²) in [6.45, 7) is 1.71. The molecule has 0 saturated heterocycles. The maximum atomic E-state index is 11.3. The zero-order chi connectivity index (χ0) is 8.55. The molecule has 0 saturated carbocycles. The molecule has 1 aromatic rings. The Morgan fingerprint density at radius 3 is 3.33 bits per heavy atom. The van der Waals surface area contributed by atoms with Crippen molar-refractivity contribution in [3.63, 3.8) is 0 Å². The van der Waals surface area contributed by atoms with E-state index in [-0.39, 0.29) is 5.56 Å². The number of rotatable bonds is 0. The first kappa shape index (κ1) is 7.49.